The Balaban J connectivity index is 1.62. The van der Waals surface area contributed by atoms with Gasteiger partial charge in [-0.15, -0.1) is 0 Å². The Morgan fingerprint density at radius 1 is 0.765 bits per heavy atom. The molecule has 172 valence electrons. The molecule has 0 fully saturated rings. The number of fused-ring (bicyclic) bond motifs is 1. The third kappa shape index (κ3) is 4.94. The highest BCUT2D eigenvalue weighted by Gasteiger charge is 2.22. The average molecular weight is 531 g/mol. The van der Waals surface area contributed by atoms with Crippen LogP contribution in [0.3, 0.4) is 0 Å². The third-order valence-electron chi connectivity index (χ3n) is 4.70. The lowest BCUT2D eigenvalue weighted by Crippen LogP contribution is -2.36. The monoisotopic (exact) mass is 530 g/mol. The highest BCUT2D eigenvalue weighted by Crippen LogP contribution is 2.24. The first-order valence-corrected chi connectivity index (χ1v) is 10.5. The Kier molecular flexibility index (Phi) is 6.37. The van der Waals surface area contributed by atoms with E-state index in [0.717, 1.165) is 16.8 Å². The molecule has 0 aliphatic heterocycles. The van der Waals surface area contributed by atoms with Crippen molar-refractivity contribution in [2.75, 3.05) is 16.1 Å². The minimum atomic E-state index is -1.24. The van der Waals surface area contributed by atoms with Crippen LogP contribution in [-0.4, -0.2) is 22.4 Å². The number of carbonyl (C=O) groups is 3. The Bertz CT molecular complexity index is 1440. The maximum Gasteiger partial charge on any atom is 0.328 e. The van der Waals surface area contributed by atoms with Crippen LogP contribution in [0.5, 0.6) is 0 Å². The van der Waals surface area contributed by atoms with E-state index in [4.69, 9.17) is 0 Å². The van der Waals surface area contributed by atoms with Gasteiger partial charge < -0.3 is 10.6 Å². The molecule has 3 amide bonds. The summed E-state index contributed by atoms with van der Waals surface area (Å²) >= 11 is 3.33. The van der Waals surface area contributed by atoms with Crippen molar-refractivity contribution in [2.24, 2.45) is 0 Å². The first-order chi connectivity index (χ1) is 16.2. The maximum absolute atomic E-state index is 13.8. The highest BCUT2D eigenvalue weighted by molar-refractivity contribution is 9.10. The molecule has 3 aromatic carbocycles. The second kappa shape index (κ2) is 9.40. The largest absolute Gasteiger partial charge is 0.328 e. The number of rotatable bonds is 4. The summed E-state index contributed by atoms with van der Waals surface area (Å²) in [5.41, 5.74) is 2.58. The van der Waals surface area contributed by atoms with Crippen molar-refractivity contribution in [1.29, 1.82) is 0 Å². The summed E-state index contributed by atoms with van der Waals surface area (Å²) in [5, 5.41) is 5.19. The van der Waals surface area contributed by atoms with Gasteiger partial charge in [-0.05, 0) is 60.7 Å². The van der Waals surface area contributed by atoms with E-state index >= 15 is 0 Å². The molecule has 7 nitrogen and oxygen atoms in total. The van der Waals surface area contributed by atoms with Gasteiger partial charge in [0, 0.05) is 21.6 Å². The molecule has 3 N–H and O–H groups in total. The molecule has 0 atom stereocenters. The van der Waals surface area contributed by atoms with Gasteiger partial charge in [0.25, 0.3) is 5.91 Å². The minimum absolute atomic E-state index is 0.0356. The van der Waals surface area contributed by atoms with Crippen LogP contribution >= 0.6 is 15.9 Å². The number of benzene rings is 3. The van der Waals surface area contributed by atoms with Gasteiger partial charge in [-0.2, -0.15) is 0 Å². The molecule has 0 saturated carbocycles. The zero-order chi connectivity index (χ0) is 24.4. The van der Waals surface area contributed by atoms with Crippen molar-refractivity contribution in [3.8, 4) is 0 Å². The van der Waals surface area contributed by atoms with Gasteiger partial charge in [-0.25, -0.2) is 17.8 Å². The van der Waals surface area contributed by atoms with Gasteiger partial charge >= 0.3 is 11.8 Å². The molecule has 0 radical (unpaired) electrons. The van der Waals surface area contributed by atoms with Crippen LogP contribution < -0.4 is 16.1 Å². The lowest BCUT2D eigenvalue weighted by molar-refractivity contribution is -0.133. The van der Waals surface area contributed by atoms with Crippen molar-refractivity contribution >= 4 is 55.9 Å². The molecule has 34 heavy (non-hydrogen) atoms. The van der Waals surface area contributed by atoms with Crippen LogP contribution in [0.15, 0.2) is 71.2 Å². The molecular formula is C23H14BrF3N4O3. The predicted octanol–water partition coefficient (Wildman–Crippen LogP) is 4.78. The number of amides is 3. The molecule has 0 aliphatic carbocycles. The van der Waals surface area contributed by atoms with Crippen molar-refractivity contribution < 1.29 is 27.6 Å². The van der Waals surface area contributed by atoms with Crippen LogP contribution in [0.2, 0.25) is 0 Å². The standard InChI is InChI=1S/C23H14BrF3N4O3/c24-13-1-8-19-12(9-13)10-20(21(32)28-16-5-2-14(25)3-6-16)31(19)30-23(34)22(33)29-18-7-4-15(26)11-17(18)27/h1-11H,(H,28,32)(H,29,33)(H,30,34). The predicted molar refractivity (Wildman–Crippen MR) is 123 cm³/mol. The fraction of sp³-hybridized carbons (Fsp3) is 0. The first-order valence-electron chi connectivity index (χ1n) is 9.66. The summed E-state index contributed by atoms with van der Waals surface area (Å²) in [7, 11) is 0. The summed E-state index contributed by atoms with van der Waals surface area (Å²) in [6, 6.07) is 14.0. The number of halogens is 4. The Morgan fingerprint density at radius 2 is 1.47 bits per heavy atom. The Labute approximate surface area is 198 Å². The van der Waals surface area contributed by atoms with Gasteiger partial charge in [-0.1, -0.05) is 15.9 Å². The number of hydrogen-bond acceptors (Lipinski definition) is 3. The van der Waals surface area contributed by atoms with Gasteiger partial charge in [0.2, 0.25) is 0 Å². The number of nitrogens with one attached hydrogen (secondary N) is 3. The number of anilines is 2. The SMILES string of the molecule is O=C(Nc1ccc(F)cc1F)C(=O)Nn1c(C(=O)Nc2ccc(F)cc2)cc2cc(Br)ccc21. The minimum Gasteiger partial charge on any atom is -0.321 e. The summed E-state index contributed by atoms with van der Waals surface area (Å²) in [5.74, 6) is -5.48. The lowest BCUT2D eigenvalue weighted by atomic mass is 10.2. The van der Waals surface area contributed by atoms with Gasteiger partial charge in [0.1, 0.15) is 23.1 Å². The number of nitrogens with zero attached hydrogens (tertiary/aromatic N) is 1. The number of hydrogen-bond donors (Lipinski definition) is 3. The molecule has 0 aliphatic rings. The van der Waals surface area contributed by atoms with Crippen molar-refractivity contribution in [1.82, 2.24) is 4.68 Å². The molecule has 11 heteroatoms. The fourth-order valence-electron chi connectivity index (χ4n) is 3.12. The summed E-state index contributed by atoms with van der Waals surface area (Å²) in [4.78, 5) is 37.8. The second-order valence-corrected chi connectivity index (χ2v) is 7.96. The van der Waals surface area contributed by atoms with Crippen LogP contribution in [0.1, 0.15) is 10.5 Å². The zero-order valence-electron chi connectivity index (χ0n) is 17.0. The Hall–Kier alpha value is -4.12. The molecule has 0 spiro atoms. The summed E-state index contributed by atoms with van der Waals surface area (Å²) in [6.07, 6.45) is 0. The third-order valence-corrected chi connectivity index (χ3v) is 5.19. The molecule has 4 aromatic rings. The van der Waals surface area contributed by atoms with E-state index in [1.165, 1.54) is 30.3 Å². The molecule has 0 unspecified atom stereocenters. The normalized spacial score (nSPS) is 10.7. The van der Waals surface area contributed by atoms with Gasteiger partial charge in [0.05, 0.1) is 11.2 Å². The molecule has 0 bridgehead atoms. The smallest absolute Gasteiger partial charge is 0.321 e. The maximum atomic E-state index is 13.8. The van der Waals surface area contributed by atoms with Gasteiger partial charge in [0.15, 0.2) is 0 Å². The first kappa shape index (κ1) is 23.1. The van der Waals surface area contributed by atoms with Crippen LogP contribution in [0, 0.1) is 17.5 Å². The topological polar surface area (TPSA) is 92.2 Å². The van der Waals surface area contributed by atoms with Crippen molar-refractivity contribution in [3.05, 3.63) is 94.3 Å². The molecular weight excluding hydrogens is 517 g/mol. The van der Waals surface area contributed by atoms with E-state index in [2.05, 4.69) is 32.0 Å². The van der Waals surface area contributed by atoms with E-state index in [1.54, 1.807) is 18.2 Å². The highest BCUT2D eigenvalue weighted by atomic mass is 79.9. The van der Waals surface area contributed by atoms with Gasteiger partial charge in [-0.3, -0.25) is 19.8 Å². The molecule has 4 rings (SSSR count). The molecule has 0 saturated heterocycles. The Morgan fingerprint density at radius 3 is 2.18 bits per heavy atom. The van der Waals surface area contributed by atoms with E-state index in [0.29, 0.717) is 27.1 Å². The molecule has 1 aromatic heterocycles. The number of aromatic nitrogens is 1. The quantitative estimate of drug-likeness (QED) is 0.331. The fourth-order valence-corrected chi connectivity index (χ4v) is 3.50. The van der Waals surface area contributed by atoms with Crippen LogP contribution in [0.25, 0.3) is 10.9 Å². The zero-order valence-corrected chi connectivity index (χ0v) is 18.6. The van der Waals surface area contributed by atoms with Crippen LogP contribution in [-0.2, 0) is 9.59 Å². The van der Waals surface area contributed by atoms with Crippen molar-refractivity contribution in [3.63, 3.8) is 0 Å². The second-order valence-electron chi connectivity index (χ2n) is 7.05. The van der Waals surface area contributed by atoms with E-state index in [1.807, 2.05) is 0 Å². The summed E-state index contributed by atoms with van der Waals surface area (Å²) in [6.45, 7) is 0. The van der Waals surface area contributed by atoms with Crippen molar-refractivity contribution in [2.45, 2.75) is 0 Å². The van der Waals surface area contributed by atoms with E-state index in [-0.39, 0.29) is 5.69 Å². The molecule has 1 heterocycles. The van der Waals surface area contributed by atoms with E-state index < -0.39 is 40.9 Å². The number of carbonyl (C=O) groups excluding carboxylic acids is 3. The summed E-state index contributed by atoms with van der Waals surface area (Å²) < 4.78 is 41.9. The van der Waals surface area contributed by atoms with Crippen LogP contribution in [0.4, 0.5) is 24.5 Å². The average Bonchev–Trinajstić information content (AvgIpc) is 3.14. The lowest BCUT2D eigenvalue weighted by Gasteiger charge is -2.13. The van der Waals surface area contributed by atoms with E-state index in [9.17, 15) is 27.6 Å².